The summed E-state index contributed by atoms with van der Waals surface area (Å²) in [5.41, 5.74) is 1.05. The number of methoxy groups -OCH3 is 1. The molecule has 3 rings (SSSR count). The number of ether oxygens (including phenoxy) is 1. The summed E-state index contributed by atoms with van der Waals surface area (Å²) in [5.74, 6) is 2.04. The van der Waals surface area contributed by atoms with Crippen LogP contribution in [0.1, 0.15) is 17.9 Å². The van der Waals surface area contributed by atoms with E-state index in [4.69, 9.17) is 9.26 Å². The van der Waals surface area contributed by atoms with E-state index in [1.165, 1.54) is 6.42 Å². The predicted octanol–water partition coefficient (Wildman–Crippen LogP) is 1.69. The number of likely N-dealkylation sites (tertiary alicyclic amines) is 1. The maximum atomic E-state index is 5.43. The lowest BCUT2D eigenvalue weighted by Gasteiger charge is -2.47. The van der Waals surface area contributed by atoms with Crippen LogP contribution in [0.5, 0.6) is 0 Å². The topological polar surface area (TPSA) is 38.5 Å². The van der Waals surface area contributed by atoms with E-state index in [0.717, 1.165) is 36.8 Å². The molecule has 4 nitrogen and oxygen atoms in total. The van der Waals surface area contributed by atoms with Crippen LogP contribution in [-0.4, -0.2) is 46.9 Å². The average molecular weight is 254 g/mol. The molecule has 1 aromatic heterocycles. The van der Waals surface area contributed by atoms with Crippen LogP contribution in [0, 0.1) is 6.92 Å². The summed E-state index contributed by atoms with van der Waals surface area (Å²) >= 11 is 2.07. The zero-order chi connectivity index (χ0) is 11.9. The van der Waals surface area contributed by atoms with E-state index in [1.807, 2.05) is 20.1 Å². The minimum absolute atomic E-state index is 0.455. The second-order valence-corrected chi connectivity index (χ2v) is 6.62. The number of hydrogen-bond donors (Lipinski definition) is 0. The van der Waals surface area contributed by atoms with E-state index >= 15 is 0 Å². The average Bonchev–Trinajstić information content (AvgIpc) is 2.85. The molecule has 94 valence electrons. The molecular formula is C12H18N2O2S. The van der Waals surface area contributed by atoms with Gasteiger partial charge >= 0.3 is 0 Å². The molecule has 1 unspecified atom stereocenters. The van der Waals surface area contributed by atoms with Gasteiger partial charge in [0.25, 0.3) is 0 Å². The first kappa shape index (κ1) is 11.6. The Morgan fingerprint density at radius 2 is 2.47 bits per heavy atom. The second-order valence-electron chi connectivity index (χ2n) is 5.13. The third kappa shape index (κ3) is 2.23. The van der Waals surface area contributed by atoms with Gasteiger partial charge in [-0.2, -0.15) is 0 Å². The van der Waals surface area contributed by atoms with Crippen molar-refractivity contribution in [2.24, 2.45) is 0 Å². The van der Waals surface area contributed by atoms with Gasteiger partial charge in [-0.3, -0.25) is 4.90 Å². The summed E-state index contributed by atoms with van der Waals surface area (Å²) in [4.78, 5) is 2.43. The van der Waals surface area contributed by atoms with Crippen LogP contribution >= 0.6 is 11.8 Å². The first-order valence-corrected chi connectivity index (χ1v) is 6.99. The Hall–Kier alpha value is -0.520. The van der Waals surface area contributed by atoms with Crippen molar-refractivity contribution >= 4 is 11.8 Å². The van der Waals surface area contributed by atoms with Crippen LogP contribution in [0.25, 0.3) is 0 Å². The third-order valence-electron chi connectivity index (χ3n) is 3.59. The molecule has 0 amide bonds. The molecule has 0 aliphatic carbocycles. The van der Waals surface area contributed by atoms with Crippen molar-refractivity contribution in [2.45, 2.75) is 30.7 Å². The van der Waals surface area contributed by atoms with Crippen molar-refractivity contribution in [1.82, 2.24) is 10.1 Å². The standard InChI is InChI=1S/C12H18N2O2S/c1-9-3-10(13-16-9)5-14-7-12(8-14)4-11(15-2)6-17-12/h3,11H,4-8H2,1-2H3. The smallest absolute Gasteiger partial charge is 0.133 e. The zero-order valence-electron chi connectivity index (χ0n) is 10.3. The monoisotopic (exact) mass is 254 g/mol. The lowest BCUT2D eigenvalue weighted by molar-refractivity contribution is 0.0619. The summed E-state index contributed by atoms with van der Waals surface area (Å²) in [5, 5.41) is 4.04. The van der Waals surface area contributed by atoms with Crippen LogP contribution in [0.4, 0.5) is 0 Å². The largest absolute Gasteiger partial charge is 0.381 e. The zero-order valence-corrected chi connectivity index (χ0v) is 11.1. The van der Waals surface area contributed by atoms with Gasteiger partial charge in [0, 0.05) is 43.3 Å². The highest BCUT2D eigenvalue weighted by Crippen LogP contribution is 2.46. The van der Waals surface area contributed by atoms with E-state index in [-0.39, 0.29) is 0 Å². The first-order chi connectivity index (χ1) is 8.19. The molecule has 5 heteroatoms. The van der Waals surface area contributed by atoms with Crippen LogP contribution in [-0.2, 0) is 11.3 Å². The van der Waals surface area contributed by atoms with Gasteiger partial charge in [-0.1, -0.05) is 5.16 Å². The number of aromatic nitrogens is 1. The fourth-order valence-corrected chi connectivity index (χ4v) is 4.42. The van der Waals surface area contributed by atoms with Crippen molar-refractivity contribution in [3.8, 4) is 0 Å². The summed E-state index contributed by atoms with van der Waals surface area (Å²) in [6, 6.07) is 2.02. The highest BCUT2D eigenvalue weighted by molar-refractivity contribution is 8.01. The summed E-state index contributed by atoms with van der Waals surface area (Å²) in [6.07, 6.45) is 1.65. The molecule has 1 spiro atoms. The fourth-order valence-electron chi connectivity index (χ4n) is 2.78. The van der Waals surface area contributed by atoms with Crippen molar-refractivity contribution < 1.29 is 9.26 Å². The minimum atomic E-state index is 0.455. The van der Waals surface area contributed by atoms with Crippen molar-refractivity contribution in [3.63, 3.8) is 0 Å². The molecule has 2 aliphatic rings. The van der Waals surface area contributed by atoms with Crippen LogP contribution < -0.4 is 0 Å². The summed E-state index contributed by atoms with van der Waals surface area (Å²) < 4.78 is 11.0. The van der Waals surface area contributed by atoms with Gasteiger partial charge in [-0.05, 0) is 13.3 Å². The number of nitrogens with zero attached hydrogens (tertiary/aromatic N) is 2. The summed E-state index contributed by atoms with van der Waals surface area (Å²) in [6.45, 7) is 5.16. The van der Waals surface area contributed by atoms with Gasteiger partial charge in [-0.25, -0.2) is 0 Å². The molecule has 0 radical (unpaired) electrons. The van der Waals surface area contributed by atoms with Crippen molar-refractivity contribution in [3.05, 3.63) is 17.5 Å². The Morgan fingerprint density at radius 3 is 3.06 bits per heavy atom. The Kier molecular flexibility index (Phi) is 2.92. The predicted molar refractivity (Wildman–Crippen MR) is 67.1 cm³/mol. The maximum Gasteiger partial charge on any atom is 0.133 e. The molecule has 2 aliphatic heterocycles. The maximum absolute atomic E-state index is 5.43. The van der Waals surface area contributed by atoms with Crippen molar-refractivity contribution in [2.75, 3.05) is 26.0 Å². The van der Waals surface area contributed by atoms with E-state index in [0.29, 0.717) is 10.9 Å². The number of aryl methyl sites for hydroxylation is 1. The van der Waals surface area contributed by atoms with Crippen LogP contribution in [0.15, 0.2) is 10.6 Å². The number of hydrogen-bond acceptors (Lipinski definition) is 5. The molecular weight excluding hydrogens is 236 g/mol. The van der Waals surface area contributed by atoms with E-state index in [9.17, 15) is 0 Å². The lowest BCUT2D eigenvalue weighted by Crippen LogP contribution is -2.58. The molecule has 0 saturated carbocycles. The normalized spacial score (nSPS) is 27.5. The number of rotatable bonds is 3. The molecule has 0 aromatic carbocycles. The third-order valence-corrected chi connectivity index (χ3v) is 5.17. The Bertz CT molecular complexity index is 401. The van der Waals surface area contributed by atoms with E-state index in [1.54, 1.807) is 0 Å². The molecule has 17 heavy (non-hydrogen) atoms. The van der Waals surface area contributed by atoms with Gasteiger partial charge < -0.3 is 9.26 Å². The number of thioether (sulfide) groups is 1. The van der Waals surface area contributed by atoms with Gasteiger partial charge in [-0.15, -0.1) is 11.8 Å². The highest BCUT2D eigenvalue weighted by Gasteiger charge is 2.48. The highest BCUT2D eigenvalue weighted by atomic mass is 32.2. The first-order valence-electron chi connectivity index (χ1n) is 6.00. The summed E-state index contributed by atoms with van der Waals surface area (Å²) in [7, 11) is 1.82. The van der Waals surface area contributed by atoms with Gasteiger partial charge in [0.15, 0.2) is 0 Å². The molecule has 3 heterocycles. The molecule has 1 aromatic rings. The Labute approximate surface area is 106 Å². The lowest BCUT2D eigenvalue weighted by atomic mass is 9.93. The minimum Gasteiger partial charge on any atom is -0.381 e. The molecule has 2 fully saturated rings. The molecule has 2 saturated heterocycles. The van der Waals surface area contributed by atoms with Crippen molar-refractivity contribution in [1.29, 1.82) is 0 Å². The SMILES string of the molecule is COC1CSC2(C1)CN(Cc1cc(C)on1)C2. The van der Waals surface area contributed by atoms with E-state index in [2.05, 4.69) is 21.8 Å². The fraction of sp³-hybridized carbons (Fsp3) is 0.750. The van der Waals surface area contributed by atoms with Crippen LogP contribution in [0.2, 0.25) is 0 Å². The van der Waals surface area contributed by atoms with Gasteiger partial charge in [0.05, 0.1) is 11.8 Å². The Morgan fingerprint density at radius 1 is 1.65 bits per heavy atom. The van der Waals surface area contributed by atoms with E-state index < -0.39 is 0 Å². The quantitative estimate of drug-likeness (QED) is 0.820. The van der Waals surface area contributed by atoms with Gasteiger partial charge in [0.2, 0.25) is 0 Å². The molecule has 0 N–H and O–H groups in total. The second kappa shape index (κ2) is 4.30. The van der Waals surface area contributed by atoms with Gasteiger partial charge in [0.1, 0.15) is 5.76 Å². The molecule has 0 bridgehead atoms. The van der Waals surface area contributed by atoms with Crippen LogP contribution in [0.3, 0.4) is 0 Å². The Balaban J connectivity index is 1.52. The molecule has 1 atom stereocenters.